The maximum atomic E-state index is 12.5. The van der Waals surface area contributed by atoms with Crippen LogP contribution in [0, 0.1) is 20.8 Å². The molecule has 25 heavy (non-hydrogen) atoms. The van der Waals surface area contributed by atoms with Crippen LogP contribution in [0.5, 0.6) is 0 Å². The molecule has 1 atom stereocenters. The van der Waals surface area contributed by atoms with E-state index in [1.54, 1.807) is 33.8 Å². The van der Waals surface area contributed by atoms with Crippen LogP contribution in [0.1, 0.15) is 46.2 Å². The van der Waals surface area contributed by atoms with Gasteiger partial charge in [-0.15, -0.1) is 0 Å². The summed E-state index contributed by atoms with van der Waals surface area (Å²) in [6.45, 7) is 6.88. The first-order chi connectivity index (χ1) is 11.5. The second kappa shape index (κ2) is 6.93. The number of carbonyl (C=O) groups is 1. The molecule has 0 fully saturated rings. The zero-order valence-corrected chi connectivity index (χ0v) is 15.9. The van der Waals surface area contributed by atoms with Gasteiger partial charge in [-0.1, -0.05) is 5.16 Å². The van der Waals surface area contributed by atoms with Gasteiger partial charge in [0, 0.05) is 19.7 Å². The minimum Gasteiger partial charge on any atom is -0.341 e. The highest BCUT2D eigenvalue weighted by molar-refractivity contribution is 7.89. The van der Waals surface area contributed by atoms with Gasteiger partial charge in [0.2, 0.25) is 15.9 Å². The molecule has 0 aliphatic carbocycles. The zero-order chi connectivity index (χ0) is 18.9. The van der Waals surface area contributed by atoms with Crippen LogP contribution in [-0.2, 0) is 10.0 Å². The molecule has 2 aromatic rings. The van der Waals surface area contributed by atoms with Crippen molar-refractivity contribution in [2.75, 3.05) is 14.1 Å². The molecule has 0 saturated carbocycles. The monoisotopic (exact) mass is 366 g/mol. The van der Waals surface area contributed by atoms with Gasteiger partial charge in [-0.05, 0) is 51.0 Å². The van der Waals surface area contributed by atoms with Crippen molar-refractivity contribution in [3.63, 3.8) is 0 Å². The van der Waals surface area contributed by atoms with E-state index < -0.39 is 22.0 Å². The number of hydrogen-bond donors (Lipinski definition) is 1. The van der Waals surface area contributed by atoms with Gasteiger partial charge in [-0.25, -0.2) is 12.7 Å². The smallest absolute Gasteiger partial charge is 0.251 e. The number of rotatable bonds is 5. The quantitative estimate of drug-likeness (QED) is 0.864. The lowest BCUT2D eigenvalue weighted by molar-refractivity contribution is 0.0932. The molecule has 8 nitrogen and oxygen atoms in total. The summed E-state index contributed by atoms with van der Waals surface area (Å²) in [6, 6.07) is 2.55. The van der Waals surface area contributed by atoms with E-state index in [1.807, 2.05) is 0 Å². The van der Waals surface area contributed by atoms with Gasteiger partial charge >= 0.3 is 0 Å². The number of nitrogens with one attached hydrogen (secondary N) is 1. The molecule has 1 aromatic heterocycles. The molecule has 0 unspecified atom stereocenters. The Kier molecular flexibility index (Phi) is 5.28. The Morgan fingerprint density at radius 2 is 1.88 bits per heavy atom. The molecular formula is C16H22N4O4S. The summed E-state index contributed by atoms with van der Waals surface area (Å²) in [5.41, 5.74) is 1.59. The van der Waals surface area contributed by atoms with Crippen LogP contribution in [0.15, 0.2) is 21.6 Å². The maximum Gasteiger partial charge on any atom is 0.251 e. The number of hydrogen-bond acceptors (Lipinski definition) is 6. The van der Waals surface area contributed by atoms with E-state index in [0.29, 0.717) is 11.4 Å². The van der Waals surface area contributed by atoms with Crippen LogP contribution in [0.4, 0.5) is 0 Å². The van der Waals surface area contributed by atoms with E-state index >= 15 is 0 Å². The van der Waals surface area contributed by atoms with Gasteiger partial charge in [0.05, 0.1) is 4.90 Å². The SMILES string of the molecule is Cc1noc([C@@H](C)NC(=O)c2cc(C)c(C)c(S(=O)(=O)N(C)C)c2)n1. The molecular weight excluding hydrogens is 344 g/mol. The highest BCUT2D eigenvalue weighted by Crippen LogP contribution is 2.23. The Morgan fingerprint density at radius 1 is 1.24 bits per heavy atom. The van der Waals surface area contributed by atoms with Crippen LogP contribution in [0.25, 0.3) is 0 Å². The topological polar surface area (TPSA) is 105 Å². The van der Waals surface area contributed by atoms with Crippen molar-refractivity contribution in [2.45, 2.75) is 38.6 Å². The molecule has 1 aromatic carbocycles. The first-order valence-electron chi connectivity index (χ1n) is 7.69. The first-order valence-corrected chi connectivity index (χ1v) is 9.13. The number of nitrogens with zero attached hydrogens (tertiary/aromatic N) is 3. The summed E-state index contributed by atoms with van der Waals surface area (Å²) >= 11 is 0. The van der Waals surface area contributed by atoms with E-state index in [2.05, 4.69) is 15.5 Å². The molecule has 0 radical (unpaired) electrons. The zero-order valence-electron chi connectivity index (χ0n) is 15.1. The molecule has 1 N–H and O–H groups in total. The molecule has 0 saturated heterocycles. The summed E-state index contributed by atoms with van der Waals surface area (Å²) in [6.07, 6.45) is 0. The first kappa shape index (κ1) is 19.1. The van der Waals surface area contributed by atoms with Crippen LogP contribution in [-0.4, -0.2) is 42.9 Å². The summed E-state index contributed by atoms with van der Waals surface area (Å²) in [4.78, 5) is 16.7. The third kappa shape index (κ3) is 3.88. The van der Waals surface area contributed by atoms with Crippen LogP contribution in [0.3, 0.4) is 0 Å². The third-order valence-corrected chi connectivity index (χ3v) is 5.84. The van der Waals surface area contributed by atoms with Crippen LogP contribution >= 0.6 is 0 Å². The van der Waals surface area contributed by atoms with Gasteiger partial charge < -0.3 is 9.84 Å². The highest BCUT2D eigenvalue weighted by atomic mass is 32.2. The summed E-state index contributed by atoms with van der Waals surface area (Å²) in [5.74, 6) is 0.346. The lowest BCUT2D eigenvalue weighted by atomic mass is 10.1. The average Bonchev–Trinajstić information content (AvgIpc) is 2.96. The Labute approximate surface area is 147 Å². The molecule has 0 bridgehead atoms. The van der Waals surface area contributed by atoms with Crippen LogP contribution < -0.4 is 5.32 Å². The number of aromatic nitrogens is 2. The van der Waals surface area contributed by atoms with E-state index in [0.717, 1.165) is 9.87 Å². The fraction of sp³-hybridized carbons (Fsp3) is 0.438. The van der Waals surface area contributed by atoms with Gasteiger partial charge in [0.25, 0.3) is 5.91 Å². The lowest BCUT2D eigenvalue weighted by Crippen LogP contribution is -2.28. The lowest BCUT2D eigenvalue weighted by Gasteiger charge is -2.17. The van der Waals surface area contributed by atoms with E-state index in [-0.39, 0.29) is 16.3 Å². The predicted octanol–water partition coefficient (Wildman–Crippen LogP) is 1.74. The molecule has 1 amide bonds. The van der Waals surface area contributed by atoms with E-state index in [9.17, 15) is 13.2 Å². The second-order valence-electron chi connectivity index (χ2n) is 6.08. The van der Waals surface area contributed by atoms with Gasteiger partial charge in [-0.3, -0.25) is 4.79 Å². The van der Waals surface area contributed by atoms with Gasteiger partial charge in [0.15, 0.2) is 5.82 Å². The van der Waals surface area contributed by atoms with Crippen molar-refractivity contribution in [2.24, 2.45) is 0 Å². The van der Waals surface area contributed by atoms with Crippen LogP contribution in [0.2, 0.25) is 0 Å². The molecule has 2 rings (SSSR count). The molecule has 9 heteroatoms. The second-order valence-corrected chi connectivity index (χ2v) is 8.20. The number of aryl methyl sites for hydroxylation is 2. The van der Waals surface area contributed by atoms with Crippen molar-refractivity contribution in [1.82, 2.24) is 19.8 Å². The summed E-state index contributed by atoms with van der Waals surface area (Å²) in [5, 5.41) is 6.42. The Morgan fingerprint density at radius 3 is 2.40 bits per heavy atom. The van der Waals surface area contributed by atoms with Crippen molar-refractivity contribution in [1.29, 1.82) is 0 Å². The van der Waals surface area contributed by atoms with Crippen molar-refractivity contribution in [3.05, 3.63) is 40.5 Å². The minimum atomic E-state index is -3.65. The normalized spacial score (nSPS) is 13.1. The molecule has 0 aliphatic rings. The number of sulfonamides is 1. The molecule has 136 valence electrons. The Hall–Kier alpha value is -2.26. The van der Waals surface area contributed by atoms with E-state index in [4.69, 9.17) is 4.52 Å². The largest absolute Gasteiger partial charge is 0.341 e. The number of amides is 1. The Bertz CT molecular complexity index is 903. The van der Waals surface area contributed by atoms with Gasteiger partial charge in [-0.2, -0.15) is 4.98 Å². The number of carbonyl (C=O) groups excluding carboxylic acids is 1. The third-order valence-electron chi connectivity index (χ3n) is 3.90. The van der Waals surface area contributed by atoms with Crippen molar-refractivity contribution in [3.8, 4) is 0 Å². The molecule has 0 aliphatic heterocycles. The number of benzene rings is 1. The summed E-state index contributed by atoms with van der Waals surface area (Å²) < 4.78 is 31.1. The predicted molar refractivity (Wildman–Crippen MR) is 91.7 cm³/mol. The van der Waals surface area contributed by atoms with Crippen molar-refractivity contribution < 1.29 is 17.7 Å². The van der Waals surface area contributed by atoms with Gasteiger partial charge in [0.1, 0.15) is 6.04 Å². The standard InChI is InChI=1S/C16H22N4O4S/c1-9-7-13(8-14(10(9)2)25(22,23)20(5)6)15(21)17-11(3)16-18-12(4)19-24-16/h7-8,11H,1-6H3,(H,17,21)/t11-/m1/s1. The summed E-state index contributed by atoms with van der Waals surface area (Å²) in [7, 11) is -0.741. The molecule has 1 heterocycles. The van der Waals surface area contributed by atoms with E-state index in [1.165, 1.54) is 20.2 Å². The highest BCUT2D eigenvalue weighted by Gasteiger charge is 2.24. The van der Waals surface area contributed by atoms with Crippen molar-refractivity contribution >= 4 is 15.9 Å². The minimum absolute atomic E-state index is 0.115. The molecule has 0 spiro atoms. The fourth-order valence-electron chi connectivity index (χ4n) is 2.25. The maximum absolute atomic E-state index is 12.5. The average molecular weight is 366 g/mol. The fourth-order valence-corrected chi connectivity index (χ4v) is 3.47. The Balaban J connectivity index is 2.36.